The van der Waals surface area contributed by atoms with Crippen molar-refractivity contribution in [3.63, 3.8) is 0 Å². The van der Waals surface area contributed by atoms with Gasteiger partial charge in [0.1, 0.15) is 5.75 Å². The molecular formula is C17H17ClN2O2. The minimum atomic E-state index is -0.287. The predicted molar refractivity (Wildman–Crippen MR) is 88.7 cm³/mol. The molecule has 1 N–H and O–H groups in total. The number of amides is 1. The van der Waals surface area contributed by atoms with Crippen LogP contribution < -0.4 is 10.2 Å². The van der Waals surface area contributed by atoms with Gasteiger partial charge < -0.3 is 4.74 Å². The molecular weight excluding hydrogens is 300 g/mol. The average molecular weight is 317 g/mol. The summed E-state index contributed by atoms with van der Waals surface area (Å²) in [6.45, 7) is 2.70. The molecule has 5 heteroatoms. The lowest BCUT2D eigenvalue weighted by Gasteiger charge is -2.05. The molecule has 0 saturated carbocycles. The summed E-state index contributed by atoms with van der Waals surface area (Å²) in [5, 5.41) is 4.49. The van der Waals surface area contributed by atoms with Gasteiger partial charge in [-0.1, -0.05) is 36.7 Å². The minimum absolute atomic E-state index is 0.287. The first-order chi connectivity index (χ1) is 10.7. The quantitative estimate of drug-likeness (QED) is 0.649. The number of nitrogens with zero attached hydrogens (tertiary/aromatic N) is 1. The molecule has 0 heterocycles. The normalized spacial score (nSPS) is 10.6. The van der Waals surface area contributed by atoms with Crippen molar-refractivity contribution in [1.82, 2.24) is 5.43 Å². The molecule has 1 amide bonds. The number of benzene rings is 2. The summed E-state index contributed by atoms with van der Waals surface area (Å²) in [4.78, 5) is 11.9. The van der Waals surface area contributed by atoms with E-state index in [9.17, 15) is 4.79 Å². The van der Waals surface area contributed by atoms with Gasteiger partial charge in [0.05, 0.1) is 12.8 Å². The first kappa shape index (κ1) is 16.0. The lowest BCUT2D eigenvalue weighted by Crippen LogP contribution is -2.17. The predicted octanol–water partition coefficient (Wildman–Crippen LogP) is 3.89. The fourth-order valence-electron chi connectivity index (χ4n) is 1.73. The maximum atomic E-state index is 11.9. The first-order valence-corrected chi connectivity index (χ1v) is 7.39. The van der Waals surface area contributed by atoms with E-state index >= 15 is 0 Å². The highest BCUT2D eigenvalue weighted by molar-refractivity contribution is 6.33. The molecule has 0 bridgehead atoms. The highest BCUT2D eigenvalue weighted by atomic mass is 35.5. The Hall–Kier alpha value is -2.33. The third-order valence-electron chi connectivity index (χ3n) is 2.86. The molecule has 0 saturated heterocycles. The number of hydrazone groups is 1. The van der Waals surface area contributed by atoms with Crippen LogP contribution in [0.15, 0.2) is 53.6 Å². The van der Waals surface area contributed by atoms with Crippen molar-refractivity contribution < 1.29 is 9.53 Å². The number of carbonyl (C=O) groups excluding carboxylic acids is 1. The minimum Gasteiger partial charge on any atom is -0.494 e. The van der Waals surface area contributed by atoms with Crippen molar-refractivity contribution in [2.45, 2.75) is 13.3 Å². The second kappa shape index (κ2) is 8.20. The standard InChI is InChI=1S/C17H17ClN2O2/c1-2-11-22-15-9-7-13(8-10-15)17(21)20-19-12-14-5-3-4-6-16(14)18/h3-10,12H,2,11H2,1H3,(H,20,21)/b19-12-. The second-order valence-corrected chi connectivity index (χ2v) is 5.00. The zero-order valence-corrected chi connectivity index (χ0v) is 13.0. The van der Waals surface area contributed by atoms with Crippen LogP contribution in [0.1, 0.15) is 29.3 Å². The zero-order chi connectivity index (χ0) is 15.8. The van der Waals surface area contributed by atoms with Crippen LogP contribution >= 0.6 is 11.6 Å². The van der Waals surface area contributed by atoms with Crippen molar-refractivity contribution in [3.05, 3.63) is 64.7 Å². The van der Waals surface area contributed by atoms with E-state index in [1.807, 2.05) is 25.1 Å². The second-order valence-electron chi connectivity index (χ2n) is 4.59. The molecule has 22 heavy (non-hydrogen) atoms. The third kappa shape index (κ3) is 4.60. The van der Waals surface area contributed by atoms with Gasteiger partial charge >= 0.3 is 0 Å². The third-order valence-corrected chi connectivity index (χ3v) is 3.21. The fraction of sp³-hybridized carbons (Fsp3) is 0.176. The van der Waals surface area contributed by atoms with Gasteiger partial charge in [0.25, 0.3) is 5.91 Å². The number of ether oxygens (including phenoxy) is 1. The van der Waals surface area contributed by atoms with Crippen LogP contribution in [0.5, 0.6) is 5.75 Å². The van der Waals surface area contributed by atoms with E-state index in [1.54, 1.807) is 30.3 Å². The van der Waals surface area contributed by atoms with Gasteiger partial charge in [-0.3, -0.25) is 4.79 Å². The molecule has 0 aliphatic rings. The van der Waals surface area contributed by atoms with Crippen LogP contribution in [0.2, 0.25) is 5.02 Å². The number of hydrogen-bond donors (Lipinski definition) is 1. The number of nitrogens with one attached hydrogen (secondary N) is 1. The Labute approximate surface area is 134 Å². The summed E-state index contributed by atoms with van der Waals surface area (Å²) in [7, 11) is 0. The van der Waals surface area contributed by atoms with E-state index in [0.29, 0.717) is 17.2 Å². The van der Waals surface area contributed by atoms with Gasteiger partial charge in [0, 0.05) is 16.1 Å². The number of hydrogen-bond acceptors (Lipinski definition) is 3. The Morgan fingerprint density at radius 3 is 2.64 bits per heavy atom. The number of halogens is 1. The number of carbonyl (C=O) groups is 1. The van der Waals surface area contributed by atoms with Gasteiger partial charge in [0.15, 0.2) is 0 Å². The smallest absolute Gasteiger partial charge is 0.271 e. The average Bonchev–Trinajstić information content (AvgIpc) is 2.55. The summed E-state index contributed by atoms with van der Waals surface area (Å²) < 4.78 is 5.47. The van der Waals surface area contributed by atoms with Crippen LogP contribution in [0.25, 0.3) is 0 Å². The Kier molecular flexibility index (Phi) is 5.98. The van der Waals surface area contributed by atoms with Gasteiger partial charge in [0.2, 0.25) is 0 Å². The maximum Gasteiger partial charge on any atom is 0.271 e. The van der Waals surface area contributed by atoms with Crippen molar-refractivity contribution >= 4 is 23.7 Å². The molecule has 0 atom stereocenters. The summed E-state index contributed by atoms with van der Waals surface area (Å²) in [5.41, 5.74) is 3.73. The lowest BCUT2D eigenvalue weighted by atomic mass is 10.2. The molecule has 0 radical (unpaired) electrons. The summed E-state index contributed by atoms with van der Waals surface area (Å²) in [6.07, 6.45) is 2.46. The van der Waals surface area contributed by atoms with Crippen LogP contribution in [0.4, 0.5) is 0 Å². The van der Waals surface area contributed by atoms with E-state index < -0.39 is 0 Å². The largest absolute Gasteiger partial charge is 0.494 e. The highest BCUT2D eigenvalue weighted by Crippen LogP contribution is 2.13. The molecule has 0 fully saturated rings. The van der Waals surface area contributed by atoms with Gasteiger partial charge in [-0.25, -0.2) is 5.43 Å². The van der Waals surface area contributed by atoms with Crippen LogP contribution in [-0.2, 0) is 0 Å². The lowest BCUT2D eigenvalue weighted by molar-refractivity contribution is 0.0955. The van der Waals surface area contributed by atoms with E-state index in [1.165, 1.54) is 6.21 Å². The summed E-state index contributed by atoms with van der Waals surface area (Å²) in [6, 6.07) is 14.2. The topological polar surface area (TPSA) is 50.7 Å². The highest BCUT2D eigenvalue weighted by Gasteiger charge is 2.04. The molecule has 0 spiro atoms. The molecule has 2 aromatic carbocycles. The van der Waals surface area contributed by atoms with Crippen molar-refractivity contribution in [1.29, 1.82) is 0 Å². The fourth-order valence-corrected chi connectivity index (χ4v) is 1.91. The van der Waals surface area contributed by atoms with Gasteiger partial charge in [-0.2, -0.15) is 5.10 Å². The molecule has 0 aliphatic heterocycles. The Morgan fingerprint density at radius 1 is 1.23 bits per heavy atom. The molecule has 2 rings (SSSR count). The van der Waals surface area contributed by atoms with E-state index in [0.717, 1.165) is 17.7 Å². The maximum absolute atomic E-state index is 11.9. The summed E-state index contributed by atoms with van der Waals surface area (Å²) >= 11 is 6.00. The SMILES string of the molecule is CCCOc1ccc(C(=O)N/N=C\c2ccccc2Cl)cc1. The molecule has 0 unspecified atom stereocenters. The van der Waals surface area contributed by atoms with Crippen molar-refractivity contribution in [2.24, 2.45) is 5.10 Å². The van der Waals surface area contributed by atoms with Crippen LogP contribution in [0, 0.1) is 0 Å². The molecule has 0 aliphatic carbocycles. The first-order valence-electron chi connectivity index (χ1n) is 7.01. The Morgan fingerprint density at radius 2 is 1.95 bits per heavy atom. The van der Waals surface area contributed by atoms with Crippen LogP contribution in [0.3, 0.4) is 0 Å². The number of rotatable bonds is 6. The molecule has 2 aromatic rings. The summed E-state index contributed by atoms with van der Waals surface area (Å²) in [5.74, 6) is 0.461. The van der Waals surface area contributed by atoms with E-state index in [-0.39, 0.29) is 5.91 Å². The monoisotopic (exact) mass is 316 g/mol. The van der Waals surface area contributed by atoms with E-state index in [2.05, 4.69) is 10.5 Å². The van der Waals surface area contributed by atoms with Gasteiger partial charge in [-0.05, 0) is 36.8 Å². The zero-order valence-electron chi connectivity index (χ0n) is 12.3. The van der Waals surface area contributed by atoms with Crippen molar-refractivity contribution in [3.8, 4) is 5.75 Å². The molecule has 0 aromatic heterocycles. The Bertz CT molecular complexity index is 654. The molecule has 4 nitrogen and oxygen atoms in total. The van der Waals surface area contributed by atoms with E-state index in [4.69, 9.17) is 16.3 Å². The molecule has 114 valence electrons. The van der Waals surface area contributed by atoms with Crippen LogP contribution in [-0.4, -0.2) is 18.7 Å². The Balaban J connectivity index is 1.93. The van der Waals surface area contributed by atoms with Gasteiger partial charge in [-0.15, -0.1) is 0 Å². The van der Waals surface area contributed by atoms with Crippen molar-refractivity contribution in [2.75, 3.05) is 6.61 Å².